The highest BCUT2D eigenvalue weighted by atomic mass is 32.1. The molecule has 1 amide bonds. The average Bonchev–Trinajstić information content (AvgIpc) is 3.10. The molecular weight excluding hydrogens is 358 g/mol. The van der Waals surface area contributed by atoms with Crippen LogP contribution in [0.1, 0.15) is 10.6 Å². The zero-order chi connectivity index (χ0) is 18.6. The van der Waals surface area contributed by atoms with E-state index in [0.717, 1.165) is 40.2 Å². The lowest BCUT2D eigenvalue weighted by molar-refractivity contribution is -0.130. The summed E-state index contributed by atoms with van der Waals surface area (Å²) in [7, 11) is 0. The lowest BCUT2D eigenvalue weighted by Crippen LogP contribution is -2.49. The van der Waals surface area contributed by atoms with Gasteiger partial charge in [0.05, 0.1) is 12.1 Å². The van der Waals surface area contributed by atoms with Crippen molar-refractivity contribution >= 4 is 23.2 Å². The lowest BCUT2D eigenvalue weighted by atomic mass is 10.2. The topological polar surface area (TPSA) is 62.2 Å². The standard InChI is InChI=1S/C20H21N5OS/c1-15-17(27-19(23-15)16-6-3-2-4-7-16)14-18(26)24-10-12-25(13-11-24)20-21-8-5-9-22-20/h2-9H,10-14H2,1H3. The number of aromatic nitrogens is 3. The monoisotopic (exact) mass is 379 g/mol. The fourth-order valence-corrected chi connectivity index (χ4v) is 4.21. The van der Waals surface area contributed by atoms with Crippen molar-refractivity contribution in [2.75, 3.05) is 31.1 Å². The average molecular weight is 379 g/mol. The Hall–Kier alpha value is -2.80. The number of hydrogen-bond acceptors (Lipinski definition) is 6. The summed E-state index contributed by atoms with van der Waals surface area (Å²) in [6.45, 7) is 4.89. The van der Waals surface area contributed by atoms with E-state index in [1.807, 2.05) is 36.1 Å². The quantitative estimate of drug-likeness (QED) is 0.698. The maximum Gasteiger partial charge on any atom is 0.228 e. The van der Waals surface area contributed by atoms with E-state index >= 15 is 0 Å². The van der Waals surface area contributed by atoms with Crippen molar-refractivity contribution in [3.8, 4) is 10.6 Å². The van der Waals surface area contributed by atoms with Crippen molar-refractivity contribution in [1.82, 2.24) is 19.9 Å². The molecule has 6 nitrogen and oxygen atoms in total. The van der Waals surface area contributed by atoms with Crippen LogP contribution in [0.15, 0.2) is 48.8 Å². The van der Waals surface area contributed by atoms with Crippen LogP contribution < -0.4 is 4.90 Å². The minimum Gasteiger partial charge on any atom is -0.339 e. The van der Waals surface area contributed by atoms with Gasteiger partial charge >= 0.3 is 0 Å². The second-order valence-electron chi connectivity index (χ2n) is 6.49. The highest BCUT2D eigenvalue weighted by Gasteiger charge is 2.23. The molecule has 1 saturated heterocycles. The van der Waals surface area contributed by atoms with Gasteiger partial charge in [0.15, 0.2) is 0 Å². The third-order valence-electron chi connectivity index (χ3n) is 4.69. The lowest BCUT2D eigenvalue weighted by Gasteiger charge is -2.34. The molecule has 7 heteroatoms. The van der Waals surface area contributed by atoms with Crippen LogP contribution in [0, 0.1) is 6.92 Å². The van der Waals surface area contributed by atoms with Gasteiger partial charge < -0.3 is 9.80 Å². The van der Waals surface area contributed by atoms with Gasteiger partial charge in [0.2, 0.25) is 11.9 Å². The Labute approximate surface area is 162 Å². The zero-order valence-corrected chi connectivity index (χ0v) is 16.0. The van der Waals surface area contributed by atoms with Gasteiger partial charge in [0.25, 0.3) is 0 Å². The molecule has 2 aromatic heterocycles. The molecule has 27 heavy (non-hydrogen) atoms. The largest absolute Gasteiger partial charge is 0.339 e. The van der Waals surface area contributed by atoms with Gasteiger partial charge in [-0.2, -0.15) is 0 Å². The van der Waals surface area contributed by atoms with Crippen molar-refractivity contribution in [2.24, 2.45) is 0 Å². The van der Waals surface area contributed by atoms with Crippen molar-refractivity contribution < 1.29 is 4.79 Å². The molecule has 1 aromatic carbocycles. The summed E-state index contributed by atoms with van der Waals surface area (Å²) < 4.78 is 0. The summed E-state index contributed by atoms with van der Waals surface area (Å²) in [5, 5.41) is 0.974. The number of rotatable bonds is 4. The molecule has 0 unspecified atom stereocenters. The van der Waals surface area contributed by atoms with E-state index in [-0.39, 0.29) is 5.91 Å². The third kappa shape index (κ3) is 3.98. The molecule has 0 atom stereocenters. The number of benzene rings is 1. The second kappa shape index (κ2) is 7.84. The number of thiazole rings is 1. The van der Waals surface area contributed by atoms with Gasteiger partial charge in [0.1, 0.15) is 5.01 Å². The molecule has 138 valence electrons. The number of nitrogens with zero attached hydrogens (tertiary/aromatic N) is 5. The predicted molar refractivity (Wildman–Crippen MR) is 107 cm³/mol. The van der Waals surface area contributed by atoms with E-state index in [1.54, 1.807) is 23.7 Å². The molecule has 3 heterocycles. The number of aryl methyl sites for hydroxylation is 1. The number of hydrogen-bond donors (Lipinski definition) is 0. The first-order valence-electron chi connectivity index (χ1n) is 9.02. The zero-order valence-electron chi connectivity index (χ0n) is 15.2. The summed E-state index contributed by atoms with van der Waals surface area (Å²) in [5.74, 6) is 0.894. The van der Waals surface area contributed by atoms with E-state index in [2.05, 4.69) is 32.0 Å². The van der Waals surface area contributed by atoms with Crippen LogP contribution >= 0.6 is 11.3 Å². The summed E-state index contributed by atoms with van der Waals surface area (Å²) in [6, 6.07) is 11.9. The SMILES string of the molecule is Cc1nc(-c2ccccc2)sc1CC(=O)N1CCN(c2ncccn2)CC1. The van der Waals surface area contributed by atoms with Crippen LogP contribution in [-0.2, 0) is 11.2 Å². The Kier molecular flexibility index (Phi) is 5.11. The Morgan fingerprint density at radius 3 is 2.44 bits per heavy atom. The molecule has 1 fully saturated rings. The number of carbonyl (C=O) groups is 1. The van der Waals surface area contributed by atoms with E-state index in [9.17, 15) is 4.79 Å². The predicted octanol–water partition coefficient (Wildman–Crippen LogP) is 2.80. The number of amides is 1. The van der Waals surface area contributed by atoms with Crippen LogP contribution in [0.4, 0.5) is 5.95 Å². The molecule has 0 spiro atoms. The van der Waals surface area contributed by atoms with Crippen LogP contribution in [0.2, 0.25) is 0 Å². The summed E-state index contributed by atoms with van der Waals surface area (Å²) in [6.07, 6.45) is 3.91. The molecule has 0 aliphatic carbocycles. The molecule has 0 saturated carbocycles. The van der Waals surface area contributed by atoms with Crippen molar-refractivity contribution in [3.63, 3.8) is 0 Å². The first-order chi connectivity index (χ1) is 13.2. The molecule has 0 radical (unpaired) electrons. The van der Waals surface area contributed by atoms with E-state index in [4.69, 9.17) is 0 Å². The van der Waals surface area contributed by atoms with E-state index in [0.29, 0.717) is 19.5 Å². The smallest absolute Gasteiger partial charge is 0.228 e. The Bertz CT molecular complexity index is 905. The fraction of sp³-hybridized carbons (Fsp3) is 0.300. The molecule has 0 bridgehead atoms. The van der Waals surface area contributed by atoms with Gasteiger partial charge in [-0.25, -0.2) is 15.0 Å². The third-order valence-corrected chi connectivity index (χ3v) is 5.90. The number of carbonyl (C=O) groups excluding carboxylic acids is 1. The van der Waals surface area contributed by atoms with Crippen molar-refractivity contribution in [1.29, 1.82) is 0 Å². The number of anilines is 1. The van der Waals surface area contributed by atoms with Gasteiger partial charge in [-0.1, -0.05) is 30.3 Å². The highest BCUT2D eigenvalue weighted by Crippen LogP contribution is 2.28. The normalized spacial score (nSPS) is 14.4. The Morgan fingerprint density at radius 2 is 1.74 bits per heavy atom. The maximum atomic E-state index is 12.8. The second-order valence-corrected chi connectivity index (χ2v) is 7.57. The first kappa shape index (κ1) is 17.6. The van der Waals surface area contributed by atoms with Crippen molar-refractivity contribution in [2.45, 2.75) is 13.3 Å². The Balaban J connectivity index is 1.38. The minimum atomic E-state index is 0.162. The summed E-state index contributed by atoms with van der Waals surface area (Å²) >= 11 is 1.61. The molecule has 1 aliphatic rings. The molecular formula is C20H21N5OS. The van der Waals surface area contributed by atoms with Crippen LogP contribution in [0.5, 0.6) is 0 Å². The van der Waals surface area contributed by atoms with Gasteiger partial charge in [-0.3, -0.25) is 4.79 Å². The molecule has 0 N–H and O–H groups in total. The van der Waals surface area contributed by atoms with Gasteiger partial charge in [0, 0.05) is 49.0 Å². The fourth-order valence-electron chi connectivity index (χ4n) is 3.16. The van der Waals surface area contributed by atoms with Crippen molar-refractivity contribution in [3.05, 3.63) is 59.4 Å². The van der Waals surface area contributed by atoms with Crippen LogP contribution in [0.25, 0.3) is 10.6 Å². The number of piperazine rings is 1. The van der Waals surface area contributed by atoms with Gasteiger partial charge in [-0.15, -0.1) is 11.3 Å². The first-order valence-corrected chi connectivity index (χ1v) is 9.84. The van der Waals surface area contributed by atoms with Gasteiger partial charge in [-0.05, 0) is 13.0 Å². The molecule has 4 rings (SSSR count). The Morgan fingerprint density at radius 1 is 1.04 bits per heavy atom. The summed E-state index contributed by atoms with van der Waals surface area (Å²) in [4.78, 5) is 31.1. The van der Waals surface area contributed by atoms with Crippen LogP contribution in [-0.4, -0.2) is 51.9 Å². The molecule has 1 aliphatic heterocycles. The highest BCUT2D eigenvalue weighted by molar-refractivity contribution is 7.15. The minimum absolute atomic E-state index is 0.162. The maximum absolute atomic E-state index is 12.8. The van der Waals surface area contributed by atoms with E-state index in [1.165, 1.54) is 0 Å². The van der Waals surface area contributed by atoms with Crippen LogP contribution in [0.3, 0.4) is 0 Å². The summed E-state index contributed by atoms with van der Waals surface area (Å²) in [5.41, 5.74) is 2.05. The van der Waals surface area contributed by atoms with E-state index < -0.39 is 0 Å². The molecule has 3 aromatic rings.